The Morgan fingerprint density at radius 3 is 2.57 bits per heavy atom. The van der Waals surface area contributed by atoms with Gasteiger partial charge in [-0.05, 0) is 48.7 Å². The molecule has 1 aliphatic rings. The van der Waals surface area contributed by atoms with E-state index in [-0.39, 0.29) is 36.6 Å². The lowest BCUT2D eigenvalue weighted by Gasteiger charge is -2.39. The van der Waals surface area contributed by atoms with Gasteiger partial charge in [0.15, 0.2) is 11.5 Å². The molecule has 1 aliphatic heterocycles. The number of fused-ring (bicyclic) bond motifs is 1. The standard InChI is InChI=1S/C24H23F5N2O4/c1-13-10-19(35-23(25)26)21(16-6-8-30-20(13)16)34-18-7-9-31(12-24(27,28)29)11-17(18)14-2-4-15(5-3-14)22(32)33/h2-6,8,10,17-18,23,30H,7,9,11-12H2,1H3,(H,32,33)/t17-,18+/m0/s1. The Balaban J connectivity index is 1.70. The Morgan fingerprint density at radius 2 is 1.94 bits per heavy atom. The van der Waals surface area contributed by atoms with Gasteiger partial charge < -0.3 is 19.6 Å². The predicted molar refractivity (Wildman–Crippen MR) is 117 cm³/mol. The lowest BCUT2D eigenvalue weighted by molar-refractivity contribution is -0.150. The predicted octanol–water partition coefficient (Wildman–Crippen LogP) is 5.58. The van der Waals surface area contributed by atoms with Crippen LogP contribution in [-0.4, -0.2) is 59.5 Å². The molecule has 3 aromatic rings. The quantitative estimate of drug-likeness (QED) is 0.417. The summed E-state index contributed by atoms with van der Waals surface area (Å²) in [6.45, 7) is -2.40. The van der Waals surface area contributed by atoms with Crippen molar-refractivity contribution in [1.29, 1.82) is 0 Å². The fourth-order valence-electron chi connectivity index (χ4n) is 4.54. The molecule has 0 saturated carbocycles. The van der Waals surface area contributed by atoms with Crippen molar-refractivity contribution in [1.82, 2.24) is 9.88 Å². The van der Waals surface area contributed by atoms with Gasteiger partial charge in [-0.25, -0.2) is 4.79 Å². The molecule has 2 heterocycles. The summed E-state index contributed by atoms with van der Waals surface area (Å²) < 4.78 is 76.5. The van der Waals surface area contributed by atoms with Crippen molar-refractivity contribution in [3.8, 4) is 11.5 Å². The molecular weight excluding hydrogens is 475 g/mol. The van der Waals surface area contributed by atoms with Crippen molar-refractivity contribution in [3.63, 3.8) is 0 Å². The molecule has 2 N–H and O–H groups in total. The molecule has 11 heteroatoms. The molecule has 0 amide bonds. The molecule has 1 aromatic heterocycles. The number of alkyl halides is 5. The zero-order chi connectivity index (χ0) is 25.3. The summed E-state index contributed by atoms with van der Waals surface area (Å²) in [6, 6.07) is 8.91. The van der Waals surface area contributed by atoms with E-state index < -0.39 is 37.3 Å². The number of nitrogens with one attached hydrogen (secondary N) is 1. The summed E-state index contributed by atoms with van der Waals surface area (Å²) in [7, 11) is 0. The first-order valence-electron chi connectivity index (χ1n) is 10.9. The fourth-order valence-corrected chi connectivity index (χ4v) is 4.54. The van der Waals surface area contributed by atoms with Gasteiger partial charge >= 0.3 is 18.8 Å². The highest BCUT2D eigenvalue weighted by molar-refractivity contribution is 5.91. The van der Waals surface area contributed by atoms with E-state index in [0.29, 0.717) is 22.0 Å². The number of aromatic amines is 1. The monoisotopic (exact) mass is 498 g/mol. The van der Waals surface area contributed by atoms with Crippen molar-refractivity contribution in [3.05, 3.63) is 59.3 Å². The number of aromatic nitrogens is 1. The van der Waals surface area contributed by atoms with Crippen molar-refractivity contribution in [2.24, 2.45) is 0 Å². The first kappa shape index (κ1) is 24.8. The molecule has 0 aliphatic carbocycles. The number of aryl methyl sites for hydroxylation is 1. The van der Waals surface area contributed by atoms with Gasteiger partial charge in [0.05, 0.1) is 17.6 Å². The summed E-state index contributed by atoms with van der Waals surface area (Å²) in [4.78, 5) is 15.5. The number of halogens is 5. The number of piperidine rings is 1. The zero-order valence-corrected chi connectivity index (χ0v) is 18.6. The number of rotatable bonds is 7. The van der Waals surface area contributed by atoms with Crippen LogP contribution < -0.4 is 9.47 Å². The second-order valence-corrected chi connectivity index (χ2v) is 8.49. The Morgan fingerprint density at radius 1 is 1.23 bits per heavy atom. The van der Waals surface area contributed by atoms with Crippen LogP contribution >= 0.6 is 0 Å². The second-order valence-electron chi connectivity index (χ2n) is 8.49. The highest BCUT2D eigenvalue weighted by Gasteiger charge is 2.38. The number of likely N-dealkylation sites (tertiary alicyclic amines) is 1. The van der Waals surface area contributed by atoms with Gasteiger partial charge in [-0.3, -0.25) is 4.90 Å². The normalized spacial score (nSPS) is 19.3. The first-order chi connectivity index (χ1) is 16.5. The molecule has 2 aromatic carbocycles. The zero-order valence-electron chi connectivity index (χ0n) is 18.6. The number of ether oxygens (including phenoxy) is 2. The van der Waals surface area contributed by atoms with Gasteiger partial charge in [-0.2, -0.15) is 22.0 Å². The van der Waals surface area contributed by atoms with Gasteiger partial charge in [0.1, 0.15) is 6.10 Å². The molecule has 0 spiro atoms. The smallest absolute Gasteiger partial charge is 0.401 e. The minimum absolute atomic E-state index is 0.0101. The third kappa shape index (κ3) is 5.67. The lowest BCUT2D eigenvalue weighted by atomic mass is 9.87. The molecule has 188 valence electrons. The van der Waals surface area contributed by atoms with Crippen molar-refractivity contribution < 1.29 is 41.3 Å². The number of H-pyrrole nitrogens is 1. The summed E-state index contributed by atoms with van der Waals surface area (Å²) >= 11 is 0. The maximum atomic E-state index is 13.1. The van der Waals surface area contributed by atoms with Crippen molar-refractivity contribution in [2.75, 3.05) is 19.6 Å². The number of carbonyl (C=O) groups is 1. The summed E-state index contributed by atoms with van der Waals surface area (Å²) in [6.07, 6.45) is -3.24. The van der Waals surface area contributed by atoms with Gasteiger partial charge in [-0.1, -0.05) is 12.1 Å². The largest absolute Gasteiger partial charge is 0.485 e. The number of aromatic carboxylic acids is 1. The van der Waals surface area contributed by atoms with E-state index in [1.807, 2.05) is 0 Å². The molecule has 35 heavy (non-hydrogen) atoms. The molecule has 0 bridgehead atoms. The summed E-state index contributed by atoms with van der Waals surface area (Å²) in [5, 5.41) is 9.68. The number of hydrogen-bond acceptors (Lipinski definition) is 4. The highest BCUT2D eigenvalue weighted by atomic mass is 19.4. The van der Waals surface area contributed by atoms with Crippen LogP contribution in [0.1, 0.15) is 33.8 Å². The molecule has 0 unspecified atom stereocenters. The highest BCUT2D eigenvalue weighted by Crippen LogP contribution is 2.42. The van der Waals surface area contributed by atoms with Crippen LogP contribution in [0.4, 0.5) is 22.0 Å². The van der Waals surface area contributed by atoms with Gasteiger partial charge in [-0.15, -0.1) is 0 Å². The minimum Gasteiger partial charge on any atom is -0.485 e. The van der Waals surface area contributed by atoms with E-state index in [0.717, 1.165) is 0 Å². The van der Waals surface area contributed by atoms with E-state index in [1.54, 1.807) is 31.3 Å². The molecule has 6 nitrogen and oxygen atoms in total. The number of hydrogen-bond donors (Lipinski definition) is 2. The van der Waals surface area contributed by atoms with Gasteiger partial charge in [0.2, 0.25) is 0 Å². The third-order valence-corrected chi connectivity index (χ3v) is 6.06. The number of carboxylic acid groups (broad SMARTS) is 1. The molecular formula is C24H23F5N2O4. The summed E-state index contributed by atoms with van der Waals surface area (Å²) in [5.74, 6) is -1.80. The minimum atomic E-state index is -4.39. The maximum Gasteiger partial charge on any atom is 0.401 e. The van der Waals surface area contributed by atoms with Crippen LogP contribution in [0.3, 0.4) is 0 Å². The van der Waals surface area contributed by atoms with Gasteiger partial charge in [0.25, 0.3) is 0 Å². The molecule has 2 atom stereocenters. The second kappa shape index (κ2) is 9.73. The van der Waals surface area contributed by atoms with Crippen LogP contribution in [0.25, 0.3) is 10.9 Å². The summed E-state index contributed by atoms with van der Waals surface area (Å²) in [5.41, 5.74) is 1.95. The van der Waals surface area contributed by atoms with Crippen LogP contribution in [0, 0.1) is 6.92 Å². The van der Waals surface area contributed by atoms with Crippen LogP contribution in [-0.2, 0) is 0 Å². The molecule has 4 rings (SSSR count). The average Bonchev–Trinajstić information content (AvgIpc) is 3.26. The van der Waals surface area contributed by atoms with E-state index in [9.17, 15) is 31.9 Å². The van der Waals surface area contributed by atoms with Crippen LogP contribution in [0.2, 0.25) is 0 Å². The van der Waals surface area contributed by atoms with E-state index in [4.69, 9.17) is 9.47 Å². The third-order valence-electron chi connectivity index (χ3n) is 6.06. The van der Waals surface area contributed by atoms with Crippen LogP contribution in [0.15, 0.2) is 42.6 Å². The molecule has 0 radical (unpaired) electrons. The van der Waals surface area contributed by atoms with Crippen molar-refractivity contribution in [2.45, 2.75) is 38.2 Å². The maximum absolute atomic E-state index is 13.1. The van der Waals surface area contributed by atoms with E-state index in [1.165, 1.54) is 23.1 Å². The fraction of sp³-hybridized carbons (Fsp3) is 0.375. The molecule has 1 saturated heterocycles. The van der Waals surface area contributed by atoms with E-state index in [2.05, 4.69) is 4.98 Å². The molecule has 1 fully saturated rings. The number of carboxylic acids is 1. The number of nitrogens with zero attached hydrogens (tertiary/aromatic N) is 1. The lowest BCUT2D eigenvalue weighted by Crippen LogP contribution is -2.47. The Hall–Kier alpha value is -3.34. The Labute approximate surface area is 197 Å². The van der Waals surface area contributed by atoms with Crippen LogP contribution in [0.5, 0.6) is 11.5 Å². The first-order valence-corrected chi connectivity index (χ1v) is 10.9. The average molecular weight is 498 g/mol. The topological polar surface area (TPSA) is 74.8 Å². The van der Waals surface area contributed by atoms with E-state index >= 15 is 0 Å². The SMILES string of the molecule is Cc1cc(OC(F)F)c(O[C@@H]2CCN(CC(F)(F)F)C[C@H]2c2ccc(C(=O)O)cc2)c2cc[nH]c12. The van der Waals surface area contributed by atoms with Gasteiger partial charge in [0, 0.05) is 30.6 Å². The Kier molecular flexibility index (Phi) is 6.88. The Bertz CT molecular complexity index is 1190. The number of benzene rings is 2. The van der Waals surface area contributed by atoms with Crippen molar-refractivity contribution >= 4 is 16.9 Å².